The molecule has 274 valence electrons. The van der Waals surface area contributed by atoms with Crippen molar-refractivity contribution < 1.29 is 37.9 Å². The maximum atomic E-state index is 12.3. The second-order valence-corrected chi connectivity index (χ2v) is 13.1. The van der Waals surface area contributed by atoms with Crippen LogP contribution < -0.4 is 0 Å². The summed E-state index contributed by atoms with van der Waals surface area (Å²) in [6.07, 6.45) is 43.5. The molecule has 0 unspecified atom stereocenters. The van der Waals surface area contributed by atoms with Gasteiger partial charge < -0.3 is 19.3 Å². The van der Waals surface area contributed by atoms with Crippen LogP contribution in [0.25, 0.3) is 0 Å². The number of esters is 2. The Balaban J connectivity index is 4.13. The van der Waals surface area contributed by atoms with E-state index in [1.54, 1.807) is 0 Å². The van der Waals surface area contributed by atoms with E-state index in [1.165, 1.54) is 38.5 Å². The molecule has 0 rings (SSSR count). The Bertz CT molecular complexity index is 1010. The Hall–Kier alpha value is -2.51. The fourth-order valence-corrected chi connectivity index (χ4v) is 4.81. The molecule has 0 fully saturated rings. The van der Waals surface area contributed by atoms with Crippen LogP contribution in [0, 0.1) is 0 Å². The molecule has 2 N–H and O–H groups in total. The number of allylic oxidation sites excluding steroid dienone is 12. The molecule has 0 heterocycles. The van der Waals surface area contributed by atoms with E-state index in [-0.39, 0.29) is 19.4 Å². The van der Waals surface area contributed by atoms with Gasteiger partial charge in [-0.25, -0.2) is 4.57 Å². The van der Waals surface area contributed by atoms with Gasteiger partial charge in [-0.05, 0) is 70.6 Å². The van der Waals surface area contributed by atoms with Crippen molar-refractivity contribution in [2.45, 2.75) is 148 Å². The molecule has 9 heteroatoms. The minimum absolute atomic E-state index is 0.139. The number of unbranched alkanes of at least 4 members (excludes halogenated alkanes) is 10. The van der Waals surface area contributed by atoms with E-state index in [0.29, 0.717) is 12.8 Å². The van der Waals surface area contributed by atoms with E-state index in [0.717, 1.165) is 64.2 Å². The molecule has 0 aromatic carbocycles. The largest absolute Gasteiger partial charge is 0.469 e. The van der Waals surface area contributed by atoms with Crippen molar-refractivity contribution in [1.82, 2.24) is 0 Å². The third-order valence-electron chi connectivity index (χ3n) is 7.21. The number of carbonyl (C=O) groups excluding carboxylic acids is 2. The number of phosphoric ester groups is 1. The minimum atomic E-state index is -4.77. The van der Waals surface area contributed by atoms with Crippen LogP contribution in [0.3, 0.4) is 0 Å². The van der Waals surface area contributed by atoms with Crippen molar-refractivity contribution in [3.05, 3.63) is 72.9 Å². The summed E-state index contributed by atoms with van der Waals surface area (Å²) < 4.78 is 26.2. The number of ether oxygens (including phenoxy) is 2. The smallest absolute Gasteiger partial charge is 0.462 e. The fourth-order valence-electron chi connectivity index (χ4n) is 4.45. The molecule has 0 radical (unpaired) electrons. The van der Waals surface area contributed by atoms with Crippen LogP contribution >= 0.6 is 7.82 Å². The number of phosphoric acid groups is 1. The molecule has 0 aliphatic rings. The predicted molar refractivity (Wildman–Crippen MR) is 197 cm³/mol. The van der Waals surface area contributed by atoms with Gasteiger partial charge in [-0.1, -0.05) is 132 Å². The summed E-state index contributed by atoms with van der Waals surface area (Å²) in [7, 11) is -4.77. The topological polar surface area (TPSA) is 119 Å². The molecule has 0 saturated carbocycles. The molecule has 8 nitrogen and oxygen atoms in total. The highest BCUT2D eigenvalue weighted by Crippen LogP contribution is 2.35. The average Bonchev–Trinajstić information content (AvgIpc) is 3.05. The van der Waals surface area contributed by atoms with Crippen molar-refractivity contribution >= 4 is 19.8 Å². The zero-order valence-electron chi connectivity index (χ0n) is 29.9. The van der Waals surface area contributed by atoms with E-state index in [1.807, 2.05) is 12.2 Å². The first-order valence-corrected chi connectivity index (χ1v) is 19.8. The summed E-state index contributed by atoms with van der Waals surface area (Å²) in [6.45, 7) is 3.51. The zero-order valence-corrected chi connectivity index (χ0v) is 30.7. The zero-order chi connectivity index (χ0) is 35.4. The second-order valence-electron chi connectivity index (χ2n) is 11.8. The van der Waals surface area contributed by atoms with Crippen LogP contribution in [0.2, 0.25) is 0 Å². The lowest BCUT2D eigenvalue weighted by Crippen LogP contribution is -2.29. The van der Waals surface area contributed by atoms with Crippen molar-refractivity contribution in [2.24, 2.45) is 0 Å². The van der Waals surface area contributed by atoms with Gasteiger partial charge in [0.05, 0.1) is 6.61 Å². The van der Waals surface area contributed by atoms with E-state index in [4.69, 9.17) is 19.3 Å². The highest BCUT2D eigenvalue weighted by molar-refractivity contribution is 7.46. The molecule has 0 bridgehead atoms. The molecule has 0 aliphatic heterocycles. The molecule has 0 aromatic heterocycles. The maximum Gasteiger partial charge on any atom is 0.469 e. The third kappa shape index (κ3) is 36.3. The highest BCUT2D eigenvalue weighted by atomic mass is 31.2. The van der Waals surface area contributed by atoms with Crippen molar-refractivity contribution in [3.63, 3.8) is 0 Å². The maximum absolute atomic E-state index is 12.3. The molecule has 0 aromatic rings. The lowest BCUT2D eigenvalue weighted by atomic mass is 10.1. The van der Waals surface area contributed by atoms with Gasteiger partial charge in [-0.15, -0.1) is 0 Å². The van der Waals surface area contributed by atoms with Gasteiger partial charge in [0.25, 0.3) is 0 Å². The van der Waals surface area contributed by atoms with Gasteiger partial charge in [0.1, 0.15) is 6.61 Å². The molecule has 1 atom stereocenters. The number of rotatable bonds is 32. The molecule has 0 aliphatic carbocycles. The Morgan fingerprint density at radius 2 is 1.00 bits per heavy atom. The van der Waals surface area contributed by atoms with E-state index >= 15 is 0 Å². The summed E-state index contributed by atoms with van der Waals surface area (Å²) in [4.78, 5) is 42.5. The number of hydrogen-bond donors (Lipinski definition) is 2. The first-order chi connectivity index (χ1) is 23.3. The quantitative estimate of drug-likeness (QED) is 0.0309. The molecular formula is C39H65O8P. The second kappa shape index (κ2) is 34.4. The molecule has 48 heavy (non-hydrogen) atoms. The lowest BCUT2D eigenvalue weighted by molar-refractivity contribution is -0.161. The van der Waals surface area contributed by atoms with E-state index in [2.05, 4.69) is 79.1 Å². The van der Waals surface area contributed by atoms with E-state index in [9.17, 15) is 14.2 Å². The van der Waals surface area contributed by atoms with Gasteiger partial charge in [0.15, 0.2) is 6.10 Å². The third-order valence-corrected chi connectivity index (χ3v) is 7.70. The van der Waals surface area contributed by atoms with Crippen LogP contribution in [0.5, 0.6) is 0 Å². The Labute approximate surface area is 291 Å². The average molecular weight is 693 g/mol. The molecule has 0 saturated heterocycles. The minimum Gasteiger partial charge on any atom is -0.462 e. The molecule has 0 spiro atoms. The first-order valence-electron chi connectivity index (χ1n) is 18.2. The monoisotopic (exact) mass is 692 g/mol. The molecule has 0 amide bonds. The van der Waals surface area contributed by atoms with Crippen LogP contribution in [-0.4, -0.2) is 41.0 Å². The van der Waals surface area contributed by atoms with Crippen molar-refractivity contribution in [3.8, 4) is 0 Å². The summed E-state index contributed by atoms with van der Waals surface area (Å²) in [5.74, 6) is -1.00. The summed E-state index contributed by atoms with van der Waals surface area (Å²) in [6, 6.07) is 0. The van der Waals surface area contributed by atoms with Crippen molar-refractivity contribution in [2.75, 3.05) is 13.2 Å². The van der Waals surface area contributed by atoms with Gasteiger partial charge in [-0.3, -0.25) is 14.1 Å². The highest BCUT2D eigenvalue weighted by Gasteiger charge is 2.22. The first kappa shape index (κ1) is 45.5. The fraction of sp³-hybridized carbons (Fsp3) is 0.641. The van der Waals surface area contributed by atoms with E-state index < -0.39 is 32.5 Å². The van der Waals surface area contributed by atoms with Crippen LogP contribution in [0.1, 0.15) is 142 Å². The van der Waals surface area contributed by atoms with Gasteiger partial charge >= 0.3 is 19.8 Å². The Morgan fingerprint density at radius 3 is 1.56 bits per heavy atom. The van der Waals surface area contributed by atoms with Crippen LogP contribution in [0.4, 0.5) is 0 Å². The van der Waals surface area contributed by atoms with Crippen LogP contribution in [-0.2, 0) is 28.2 Å². The number of carbonyl (C=O) groups is 2. The standard InChI is InChI=1S/C39H65O8P/c1-3-5-7-9-11-13-15-16-17-18-19-20-21-22-24-25-27-29-31-33-38(40)45-35-37(36-46-48(42,43)44)47-39(41)34-32-30-28-26-23-14-12-10-8-6-4-2/h10-13,16-17,19-20,22,24,27,29,37H,3-9,14-15,18,21,23,25-26,28,30-36H2,1-2H3,(H2,42,43,44)/b12-10-,13-11-,17-16-,20-19-,24-22-,29-27-/t37-/m1/s1. The van der Waals surface area contributed by atoms with Gasteiger partial charge in [0.2, 0.25) is 0 Å². The predicted octanol–water partition coefficient (Wildman–Crippen LogP) is 10.7. The summed E-state index contributed by atoms with van der Waals surface area (Å²) >= 11 is 0. The summed E-state index contributed by atoms with van der Waals surface area (Å²) in [5, 5.41) is 0. The Morgan fingerprint density at radius 1 is 0.542 bits per heavy atom. The SMILES string of the molecule is CCCC/C=C\CCCCCCCC(=O)O[C@H](COC(=O)CC/C=C\C/C=C\C/C=C\C/C=C\C/C=C\CCCCC)COP(=O)(O)O. The number of hydrogen-bond acceptors (Lipinski definition) is 6. The van der Waals surface area contributed by atoms with Gasteiger partial charge in [-0.2, -0.15) is 0 Å². The lowest BCUT2D eigenvalue weighted by Gasteiger charge is -2.18. The van der Waals surface area contributed by atoms with Crippen molar-refractivity contribution in [1.29, 1.82) is 0 Å². The normalized spacial score (nSPS) is 13.3. The Kier molecular flexibility index (Phi) is 32.6. The van der Waals surface area contributed by atoms with Gasteiger partial charge in [0, 0.05) is 12.8 Å². The van der Waals surface area contributed by atoms with Crippen LogP contribution in [0.15, 0.2) is 72.9 Å². The molecular weight excluding hydrogens is 627 g/mol. The summed E-state index contributed by atoms with van der Waals surface area (Å²) in [5.41, 5.74) is 0.